The van der Waals surface area contributed by atoms with Crippen LogP contribution in [0.25, 0.3) is 0 Å². The predicted octanol–water partition coefficient (Wildman–Crippen LogP) is 2.11. The van der Waals surface area contributed by atoms with E-state index in [4.69, 9.17) is 0 Å². The first-order chi connectivity index (χ1) is 13.2. The van der Waals surface area contributed by atoms with E-state index in [-0.39, 0.29) is 18.4 Å². The Morgan fingerprint density at radius 3 is 2.63 bits per heavy atom. The summed E-state index contributed by atoms with van der Waals surface area (Å²) < 4.78 is 1.77. The van der Waals surface area contributed by atoms with E-state index >= 15 is 0 Å². The third-order valence-electron chi connectivity index (χ3n) is 5.88. The predicted molar refractivity (Wildman–Crippen MR) is 102 cm³/mol. The van der Waals surface area contributed by atoms with Gasteiger partial charge in [0.1, 0.15) is 12.1 Å². The number of hydrogen-bond donors (Lipinski definition) is 0. The number of imidazole rings is 1. The van der Waals surface area contributed by atoms with Crippen LogP contribution < -0.4 is 0 Å². The molecule has 2 fully saturated rings. The molecule has 1 atom stereocenters. The molecule has 0 aliphatic carbocycles. The minimum absolute atomic E-state index is 0.0174. The average molecular weight is 366 g/mol. The number of likely N-dealkylation sites (tertiary alicyclic amines) is 2. The van der Waals surface area contributed by atoms with E-state index in [9.17, 15) is 9.59 Å². The Kier molecular flexibility index (Phi) is 4.97. The van der Waals surface area contributed by atoms with Crippen molar-refractivity contribution >= 4 is 11.8 Å². The van der Waals surface area contributed by atoms with Gasteiger partial charge in [-0.25, -0.2) is 4.98 Å². The molecule has 2 aromatic rings. The Morgan fingerprint density at radius 1 is 1.11 bits per heavy atom. The van der Waals surface area contributed by atoms with Crippen molar-refractivity contribution < 1.29 is 9.59 Å². The fourth-order valence-corrected chi connectivity index (χ4v) is 4.53. The van der Waals surface area contributed by atoms with Crippen LogP contribution >= 0.6 is 0 Å². The topological polar surface area (TPSA) is 58.4 Å². The molecular formula is C21H26N4O2. The van der Waals surface area contributed by atoms with Gasteiger partial charge in [-0.15, -0.1) is 0 Å². The van der Waals surface area contributed by atoms with Gasteiger partial charge in [0.05, 0.1) is 6.33 Å². The van der Waals surface area contributed by atoms with Crippen LogP contribution in [0.5, 0.6) is 0 Å². The van der Waals surface area contributed by atoms with Crippen LogP contribution in [0.4, 0.5) is 0 Å². The van der Waals surface area contributed by atoms with Gasteiger partial charge >= 0.3 is 0 Å². The molecule has 0 bridgehead atoms. The maximum atomic E-state index is 13.4. The first kappa shape index (κ1) is 17.8. The molecule has 142 valence electrons. The summed E-state index contributed by atoms with van der Waals surface area (Å²) in [7, 11) is 0. The maximum absolute atomic E-state index is 13.4. The zero-order chi connectivity index (χ0) is 18.7. The van der Waals surface area contributed by atoms with Crippen molar-refractivity contribution in [3.8, 4) is 0 Å². The van der Waals surface area contributed by atoms with Gasteiger partial charge < -0.3 is 14.4 Å². The molecule has 0 saturated carbocycles. The molecule has 0 radical (unpaired) electrons. The standard InChI is InChI=1S/C21H26N4O2/c26-19(16-23-15-11-22-17-23)25-13-5-10-21(25)9-4-12-24(20(21)27)14-8-18-6-2-1-3-7-18/h1-3,6-7,11,15,17H,4-5,8-10,12-14,16H2. The highest BCUT2D eigenvalue weighted by atomic mass is 16.2. The number of benzene rings is 1. The lowest BCUT2D eigenvalue weighted by molar-refractivity contribution is -0.155. The first-order valence-electron chi connectivity index (χ1n) is 9.79. The fourth-order valence-electron chi connectivity index (χ4n) is 4.53. The summed E-state index contributed by atoms with van der Waals surface area (Å²) in [6, 6.07) is 10.3. The van der Waals surface area contributed by atoms with Gasteiger partial charge in [-0.05, 0) is 37.7 Å². The summed E-state index contributed by atoms with van der Waals surface area (Å²) in [4.78, 5) is 34.2. The molecule has 2 saturated heterocycles. The third-order valence-corrected chi connectivity index (χ3v) is 5.88. The van der Waals surface area contributed by atoms with E-state index in [2.05, 4.69) is 17.1 Å². The Balaban J connectivity index is 1.47. The van der Waals surface area contributed by atoms with Gasteiger partial charge in [0, 0.05) is 32.0 Å². The number of carbonyl (C=O) groups excluding carboxylic acids is 2. The second-order valence-electron chi connectivity index (χ2n) is 7.55. The normalized spacial score (nSPS) is 22.6. The van der Waals surface area contributed by atoms with E-state index in [1.165, 1.54) is 5.56 Å². The largest absolute Gasteiger partial charge is 0.340 e. The summed E-state index contributed by atoms with van der Waals surface area (Å²) in [5.74, 6) is 0.157. The summed E-state index contributed by atoms with van der Waals surface area (Å²) >= 11 is 0. The van der Waals surface area contributed by atoms with E-state index in [0.717, 1.165) is 38.6 Å². The van der Waals surface area contributed by atoms with Gasteiger partial charge in [0.2, 0.25) is 11.8 Å². The summed E-state index contributed by atoms with van der Waals surface area (Å²) in [5.41, 5.74) is 0.608. The van der Waals surface area contributed by atoms with E-state index in [1.54, 1.807) is 23.3 Å². The molecule has 4 rings (SSSR count). The van der Waals surface area contributed by atoms with E-state index < -0.39 is 5.54 Å². The van der Waals surface area contributed by atoms with Gasteiger partial charge in [0.15, 0.2) is 0 Å². The molecule has 27 heavy (non-hydrogen) atoms. The van der Waals surface area contributed by atoms with Crippen molar-refractivity contribution in [2.75, 3.05) is 19.6 Å². The molecule has 1 aromatic heterocycles. The lowest BCUT2D eigenvalue weighted by atomic mass is 9.85. The number of piperidine rings is 1. The minimum Gasteiger partial charge on any atom is -0.340 e. The monoisotopic (exact) mass is 366 g/mol. The molecule has 3 heterocycles. The Morgan fingerprint density at radius 2 is 1.89 bits per heavy atom. The summed E-state index contributed by atoms with van der Waals surface area (Å²) in [6.45, 7) is 2.43. The van der Waals surface area contributed by atoms with E-state index in [0.29, 0.717) is 13.1 Å². The lowest BCUT2D eigenvalue weighted by Gasteiger charge is -2.44. The highest BCUT2D eigenvalue weighted by Crippen LogP contribution is 2.38. The number of nitrogens with zero attached hydrogens (tertiary/aromatic N) is 4. The second kappa shape index (κ2) is 7.55. The van der Waals surface area contributed by atoms with Gasteiger partial charge in [-0.1, -0.05) is 30.3 Å². The van der Waals surface area contributed by atoms with Crippen LogP contribution in [-0.2, 0) is 22.6 Å². The smallest absolute Gasteiger partial charge is 0.248 e. The van der Waals surface area contributed by atoms with Gasteiger partial charge in [-0.2, -0.15) is 0 Å². The van der Waals surface area contributed by atoms with Crippen LogP contribution in [0.2, 0.25) is 0 Å². The quantitative estimate of drug-likeness (QED) is 0.814. The molecule has 1 spiro atoms. The number of hydrogen-bond acceptors (Lipinski definition) is 3. The first-order valence-corrected chi connectivity index (χ1v) is 9.79. The molecular weight excluding hydrogens is 340 g/mol. The Labute approximate surface area is 159 Å². The zero-order valence-corrected chi connectivity index (χ0v) is 15.6. The highest BCUT2D eigenvalue weighted by molar-refractivity contribution is 5.92. The van der Waals surface area contributed by atoms with Crippen LogP contribution in [0.3, 0.4) is 0 Å². The Hall–Kier alpha value is -2.63. The molecule has 2 amide bonds. The molecule has 2 aliphatic heterocycles. The number of aromatic nitrogens is 2. The number of amides is 2. The highest BCUT2D eigenvalue weighted by Gasteiger charge is 2.52. The molecule has 6 heteroatoms. The van der Waals surface area contributed by atoms with Crippen molar-refractivity contribution in [3.05, 3.63) is 54.6 Å². The molecule has 6 nitrogen and oxygen atoms in total. The van der Waals surface area contributed by atoms with Crippen LogP contribution in [0.1, 0.15) is 31.2 Å². The van der Waals surface area contributed by atoms with Crippen molar-refractivity contribution in [2.45, 2.75) is 44.2 Å². The number of rotatable bonds is 5. The van der Waals surface area contributed by atoms with Crippen molar-refractivity contribution in [1.29, 1.82) is 0 Å². The zero-order valence-electron chi connectivity index (χ0n) is 15.6. The average Bonchev–Trinajstić information content (AvgIpc) is 3.34. The molecule has 0 N–H and O–H groups in total. The van der Waals surface area contributed by atoms with Gasteiger partial charge in [-0.3, -0.25) is 9.59 Å². The van der Waals surface area contributed by atoms with Crippen molar-refractivity contribution in [2.24, 2.45) is 0 Å². The lowest BCUT2D eigenvalue weighted by Crippen LogP contribution is -2.61. The van der Waals surface area contributed by atoms with Crippen LogP contribution in [-0.4, -0.2) is 56.3 Å². The van der Waals surface area contributed by atoms with Crippen molar-refractivity contribution in [3.63, 3.8) is 0 Å². The third kappa shape index (κ3) is 3.48. The fraction of sp³-hybridized carbons (Fsp3) is 0.476. The van der Waals surface area contributed by atoms with Crippen LogP contribution in [0, 0.1) is 0 Å². The Bertz CT molecular complexity index is 790. The summed E-state index contributed by atoms with van der Waals surface area (Å²) in [6.07, 6.45) is 9.37. The van der Waals surface area contributed by atoms with E-state index in [1.807, 2.05) is 28.0 Å². The second-order valence-corrected chi connectivity index (χ2v) is 7.55. The minimum atomic E-state index is -0.632. The van der Waals surface area contributed by atoms with Crippen LogP contribution in [0.15, 0.2) is 49.1 Å². The molecule has 1 aromatic carbocycles. The maximum Gasteiger partial charge on any atom is 0.248 e. The van der Waals surface area contributed by atoms with Crippen molar-refractivity contribution in [1.82, 2.24) is 19.4 Å². The summed E-state index contributed by atoms with van der Waals surface area (Å²) in [5, 5.41) is 0. The molecule has 1 unspecified atom stereocenters. The molecule has 2 aliphatic rings. The number of carbonyl (C=O) groups is 2. The SMILES string of the molecule is O=C(Cn1ccnc1)N1CCCC12CCCN(CCc1ccccc1)C2=O. The van der Waals surface area contributed by atoms with Gasteiger partial charge in [0.25, 0.3) is 0 Å².